The van der Waals surface area contributed by atoms with E-state index >= 15 is 0 Å². The zero-order chi connectivity index (χ0) is 12.3. The van der Waals surface area contributed by atoms with Gasteiger partial charge in [-0.2, -0.15) is 4.98 Å². The van der Waals surface area contributed by atoms with E-state index in [4.69, 9.17) is 10.5 Å². The molecule has 1 unspecified atom stereocenters. The van der Waals surface area contributed by atoms with E-state index in [2.05, 4.69) is 20.1 Å². The predicted octanol–water partition coefficient (Wildman–Crippen LogP) is 0.657. The van der Waals surface area contributed by atoms with E-state index in [1.807, 2.05) is 13.8 Å². The fraction of sp³-hybridized carbons (Fsp3) is 0.818. The number of nitrogens with one attached hydrogen (secondary N) is 1. The molecule has 0 saturated carbocycles. The molecule has 0 spiro atoms. The molecule has 0 radical (unpaired) electrons. The van der Waals surface area contributed by atoms with Crippen LogP contribution in [0.15, 0.2) is 0 Å². The maximum atomic E-state index is 5.94. The highest BCUT2D eigenvalue weighted by Gasteiger charge is 2.20. The first-order chi connectivity index (χ1) is 8.15. The van der Waals surface area contributed by atoms with Gasteiger partial charge >= 0.3 is 0 Å². The van der Waals surface area contributed by atoms with Gasteiger partial charge in [0.1, 0.15) is 6.61 Å². The van der Waals surface area contributed by atoms with Crippen molar-refractivity contribution in [2.75, 3.05) is 18.0 Å². The smallest absolute Gasteiger partial charge is 0.244 e. The second-order valence-electron chi connectivity index (χ2n) is 4.79. The van der Waals surface area contributed by atoms with Crippen LogP contribution in [-0.2, 0) is 11.3 Å². The summed E-state index contributed by atoms with van der Waals surface area (Å²) in [6.45, 7) is 6.30. The Labute approximate surface area is 102 Å². The molecule has 1 atom stereocenters. The largest absolute Gasteiger partial charge is 0.371 e. The van der Waals surface area contributed by atoms with E-state index in [-0.39, 0.29) is 12.1 Å². The number of piperidine rings is 1. The SMILES string of the molecule is CC(C)OCc1nc(N2CCCC(N)C2)n[nH]1. The van der Waals surface area contributed by atoms with Crippen molar-refractivity contribution in [1.82, 2.24) is 15.2 Å². The number of aromatic nitrogens is 3. The highest BCUT2D eigenvalue weighted by molar-refractivity contribution is 5.29. The van der Waals surface area contributed by atoms with Gasteiger partial charge in [-0.3, -0.25) is 5.10 Å². The maximum Gasteiger partial charge on any atom is 0.244 e. The second kappa shape index (κ2) is 5.46. The van der Waals surface area contributed by atoms with E-state index in [1.165, 1.54) is 0 Å². The maximum absolute atomic E-state index is 5.94. The number of rotatable bonds is 4. The van der Waals surface area contributed by atoms with Crippen molar-refractivity contribution in [3.8, 4) is 0 Å². The molecule has 6 heteroatoms. The number of nitrogens with zero attached hydrogens (tertiary/aromatic N) is 3. The van der Waals surface area contributed by atoms with E-state index in [0.29, 0.717) is 6.61 Å². The van der Waals surface area contributed by atoms with Gasteiger partial charge in [-0.05, 0) is 26.7 Å². The molecule has 0 aliphatic carbocycles. The van der Waals surface area contributed by atoms with Gasteiger partial charge in [0, 0.05) is 19.1 Å². The predicted molar refractivity (Wildman–Crippen MR) is 65.7 cm³/mol. The lowest BCUT2D eigenvalue weighted by Crippen LogP contribution is -2.43. The first-order valence-corrected chi connectivity index (χ1v) is 6.18. The average Bonchev–Trinajstić information content (AvgIpc) is 2.75. The van der Waals surface area contributed by atoms with Crippen LogP contribution in [-0.4, -0.2) is 40.4 Å². The van der Waals surface area contributed by atoms with Crippen molar-refractivity contribution >= 4 is 5.95 Å². The van der Waals surface area contributed by atoms with Crippen molar-refractivity contribution in [3.05, 3.63) is 5.82 Å². The lowest BCUT2D eigenvalue weighted by Gasteiger charge is -2.29. The zero-order valence-electron chi connectivity index (χ0n) is 10.5. The van der Waals surface area contributed by atoms with E-state index < -0.39 is 0 Å². The molecule has 1 aromatic heterocycles. The molecule has 0 aromatic carbocycles. The van der Waals surface area contributed by atoms with Gasteiger partial charge in [0.2, 0.25) is 5.95 Å². The summed E-state index contributed by atoms with van der Waals surface area (Å²) in [5, 5.41) is 7.11. The summed E-state index contributed by atoms with van der Waals surface area (Å²) in [6.07, 6.45) is 2.39. The van der Waals surface area contributed by atoms with Crippen LogP contribution in [0.5, 0.6) is 0 Å². The molecule has 1 aromatic rings. The van der Waals surface area contributed by atoms with Gasteiger partial charge in [0.05, 0.1) is 6.10 Å². The van der Waals surface area contributed by atoms with Crippen LogP contribution in [0.1, 0.15) is 32.5 Å². The van der Waals surface area contributed by atoms with Crippen LogP contribution in [0.3, 0.4) is 0 Å². The molecule has 6 nitrogen and oxygen atoms in total. The second-order valence-corrected chi connectivity index (χ2v) is 4.79. The third-order valence-corrected chi connectivity index (χ3v) is 2.81. The minimum Gasteiger partial charge on any atom is -0.371 e. The molecular formula is C11H21N5O. The molecule has 3 N–H and O–H groups in total. The minimum atomic E-state index is 0.201. The molecular weight excluding hydrogens is 218 g/mol. The molecule has 1 fully saturated rings. The Morgan fingerprint density at radius 3 is 3.12 bits per heavy atom. The summed E-state index contributed by atoms with van der Waals surface area (Å²) in [5.74, 6) is 1.51. The fourth-order valence-corrected chi connectivity index (χ4v) is 1.93. The Morgan fingerprint density at radius 1 is 1.59 bits per heavy atom. The molecule has 0 amide bonds. The Kier molecular flexibility index (Phi) is 3.96. The number of ether oxygens (including phenoxy) is 1. The number of H-pyrrole nitrogens is 1. The van der Waals surface area contributed by atoms with Gasteiger partial charge in [-0.1, -0.05) is 0 Å². The molecule has 1 aliphatic rings. The highest BCUT2D eigenvalue weighted by atomic mass is 16.5. The normalized spacial score (nSPS) is 21.2. The first kappa shape index (κ1) is 12.3. The molecule has 2 rings (SSSR count). The van der Waals surface area contributed by atoms with Crippen LogP contribution >= 0.6 is 0 Å². The standard InChI is InChI=1S/C11H21N5O/c1-8(2)17-7-10-13-11(15-14-10)16-5-3-4-9(12)6-16/h8-9H,3-7,12H2,1-2H3,(H,13,14,15). The Morgan fingerprint density at radius 2 is 2.41 bits per heavy atom. The molecule has 1 saturated heterocycles. The monoisotopic (exact) mass is 239 g/mol. The van der Waals surface area contributed by atoms with Crippen molar-refractivity contribution in [2.24, 2.45) is 5.73 Å². The summed E-state index contributed by atoms with van der Waals surface area (Å²) < 4.78 is 5.47. The molecule has 0 bridgehead atoms. The average molecular weight is 239 g/mol. The quantitative estimate of drug-likeness (QED) is 0.806. The van der Waals surface area contributed by atoms with Gasteiger partial charge in [-0.15, -0.1) is 5.10 Å². The van der Waals surface area contributed by atoms with Crippen molar-refractivity contribution < 1.29 is 4.74 Å². The molecule has 2 heterocycles. The molecule has 17 heavy (non-hydrogen) atoms. The summed E-state index contributed by atoms with van der Waals surface area (Å²) in [6, 6.07) is 0.234. The summed E-state index contributed by atoms with van der Waals surface area (Å²) in [4.78, 5) is 6.55. The van der Waals surface area contributed by atoms with Crippen molar-refractivity contribution in [3.63, 3.8) is 0 Å². The number of hydrogen-bond donors (Lipinski definition) is 2. The lowest BCUT2D eigenvalue weighted by molar-refractivity contribution is 0.0615. The topological polar surface area (TPSA) is 80.1 Å². The van der Waals surface area contributed by atoms with Gasteiger partial charge in [-0.25, -0.2) is 0 Å². The number of hydrogen-bond acceptors (Lipinski definition) is 5. The van der Waals surface area contributed by atoms with E-state index in [9.17, 15) is 0 Å². The van der Waals surface area contributed by atoms with E-state index in [1.54, 1.807) is 0 Å². The number of anilines is 1. The van der Waals surface area contributed by atoms with Crippen LogP contribution in [0.4, 0.5) is 5.95 Å². The van der Waals surface area contributed by atoms with Gasteiger partial charge in [0.25, 0.3) is 0 Å². The summed E-state index contributed by atoms with van der Waals surface area (Å²) in [5.41, 5.74) is 5.94. The van der Waals surface area contributed by atoms with Crippen LogP contribution in [0.25, 0.3) is 0 Å². The lowest BCUT2D eigenvalue weighted by atomic mass is 10.1. The summed E-state index contributed by atoms with van der Waals surface area (Å²) >= 11 is 0. The fourth-order valence-electron chi connectivity index (χ4n) is 1.93. The zero-order valence-corrected chi connectivity index (χ0v) is 10.5. The van der Waals surface area contributed by atoms with Crippen LogP contribution in [0.2, 0.25) is 0 Å². The van der Waals surface area contributed by atoms with Crippen LogP contribution < -0.4 is 10.6 Å². The van der Waals surface area contributed by atoms with Crippen LogP contribution in [0, 0.1) is 0 Å². The molecule has 1 aliphatic heterocycles. The van der Waals surface area contributed by atoms with Gasteiger partial charge < -0.3 is 15.4 Å². The Balaban J connectivity index is 1.92. The Hall–Kier alpha value is -1.14. The number of aromatic amines is 1. The first-order valence-electron chi connectivity index (χ1n) is 6.18. The third kappa shape index (κ3) is 3.41. The van der Waals surface area contributed by atoms with Crippen molar-refractivity contribution in [1.29, 1.82) is 0 Å². The minimum absolute atomic E-state index is 0.201. The Bertz CT molecular complexity index is 351. The third-order valence-electron chi connectivity index (χ3n) is 2.81. The number of nitrogens with two attached hydrogens (primary N) is 1. The van der Waals surface area contributed by atoms with E-state index in [0.717, 1.165) is 37.7 Å². The highest BCUT2D eigenvalue weighted by Crippen LogP contribution is 2.15. The van der Waals surface area contributed by atoms with Gasteiger partial charge in [0.15, 0.2) is 5.82 Å². The molecule has 96 valence electrons. The van der Waals surface area contributed by atoms with Crippen molar-refractivity contribution in [2.45, 2.75) is 45.4 Å². The summed E-state index contributed by atoms with van der Waals surface area (Å²) in [7, 11) is 0.